The quantitative estimate of drug-likeness (QED) is 0.661. The number of aromatic nitrogens is 2. The largest absolute Gasteiger partial charge is 1.00 e. The molecule has 0 saturated heterocycles. The minimum atomic E-state index is -0.843. The van der Waals surface area contributed by atoms with Gasteiger partial charge in [0.1, 0.15) is 0 Å². The standard InChI is InChI=1S/C11H10N2O2S.ClH/c14-11(15)6-9-8-16-10(12-9)7-13-4-2-1-3-5-13;/h1-5,8H,6-7H2;1H. The van der Waals surface area contributed by atoms with Gasteiger partial charge >= 0.3 is 5.97 Å². The van der Waals surface area contributed by atoms with E-state index in [0.29, 0.717) is 12.2 Å². The molecule has 2 aromatic rings. The lowest BCUT2D eigenvalue weighted by atomic mass is 10.3. The molecule has 0 aliphatic heterocycles. The number of pyridine rings is 1. The highest BCUT2D eigenvalue weighted by Crippen LogP contribution is 2.09. The Balaban J connectivity index is 0.00000144. The summed E-state index contributed by atoms with van der Waals surface area (Å²) in [4.78, 5) is 14.8. The van der Waals surface area contributed by atoms with E-state index in [1.807, 2.05) is 35.2 Å². The van der Waals surface area contributed by atoms with Gasteiger partial charge in [-0.05, 0) is 0 Å². The highest BCUT2D eigenvalue weighted by molar-refractivity contribution is 7.09. The Bertz CT molecular complexity index is 487. The minimum Gasteiger partial charge on any atom is -1.00 e. The molecule has 0 spiro atoms. The van der Waals surface area contributed by atoms with E-state index in [0.717, 1.165) is 5.01 Å². The number of rotatable bonds is 4. The molecule has 2 rings (SSSR count). The third kappa shape index (κ3) is 4.13. The fraction of sp³-hybridized carbons (Fsp3) is 0.182. The van der Waals surface area contributed by atoms with Gasteiger partial charge in [-0.3, -0.25) is 4.79 Å². The second-order valence-electron chi connectivity index (χ2n) is 3.35. The summed E-state index contributed by atoms with van der Waals surface area (Å²) in [7, 11) is 0. The van der Waals surface area contributed by atoms with E-state index < -0.39 is 5.97 Å². The van der Waals surface area contributed by atoms with Crippen LogP contribution in [0.1, 0.15) is 10.7 Å². The van der Waals surface area contributed by atoms with Crippen molar-refractivity contribution in [2.45, 2.75) is 13.0 Å². The molecule has 90 valence electrons. The van der Waals surface area contributed by atoms with E-state index >= 15 is 0 Å². The smallest absolute Gasteiger partial charge is 0.309 e. The molecule has 0 aromatic carbocycles. The van der Waals surface area contributed by atoms with Crippen LogP contribution in [0.15, 0.2) is 36.0 Å². The number of carboxylic acids is 1. The molecular formula is C11H11ClN2O2S. The molecule has 0 amide bonds. The fourth-order valence-corrected chi connectivity index (χ4v) is 2.16. The molecule has 0 fully saturated rings. The second-order valence-corrected chi connectivity index (χ2v) is 4.29. The average molecular weight is 271 g/mol. The lowest BCUT2D eigenvalue weighted by Gasteiger charge is -1.91. The highest BCUT2D eigenvalue weighted by Gasteiger charge is 2.09. The van der Waals surface area contributed by atoms with E-state index in [2.05, 4.69) is 4.98 Å². The number of thiazole rings is 1. The molecule has 0 aliphatic carbocycles. The molecule has 0 bridgehead atoms. The van der Waals surface area contributed by atoms with Gasteiger partial charge in [0, 0.05) is 17.5 Å². The van der Waals surface area contributed by atoms with E-state index in [1.54, 1.807) is 5.38 Å². The summed E-state index contributed by atoms with van der Waals surface area (Å²) in [6.07, 6.45) is 3.91. The van der Waals surface area contributed by atoms with Crippen LogP contribution in [-0.4, -0.2) is 16.1 Å². The van der Waals surface area contributed by atoms with Crippen LogP contribution < -0.4 is 17.0 Å². The zero-order valence-electron chi connectivity index (χ0n) is 8.91. The Morgan fingerprint density at radius 3 is 2.71 bits per heavy atom. The van der Waals surface area contributed by atoms with Gasteiger partial charge in [0.15, 0.2) is 23.9 Å². The van der Waals surface area contributed by atoms with Crippen molar-refractivity contribution >= 4 is 17.3 Å². The molecule has 2 aromatic heterocycles. The topological polar surface area (TPSA) is 54.1 Å². The molecule has 2 heterocycles. The van der Waals surface area contributed by atoms with E-state index in [4.69, 9.17) is 5.11 Å². The SMILES string of the molecule is O=C(O)Cc1csc(C[n+]2ccccc2)n1.[Cl-]. The van der Waals surface area contributed by atoms with Crippen molar-refractivity contribution in [3.63, 3.8) is 0 Å². The van der Waals surface area contributed by atoms with Crippen LogP contribution in [-0.2, 0) is 17.8 Å². The zero-order chi connectivity index (χ0) is 11.4. The van der Waals surface area contributed by atoms with E-state index in [-0.39, 0.29) is 18.8 Å². The monoisotopic (exact) mass is 270 g/mol. The van der Waals surface area contributed by atoms with E-state index in [9.17, 15) is 4.79 Å². The summed E-state index contributed by atoms with van der Waals surface area (Å²) >= 11 is 1.49. The maximum Gasteiger partial charge on any atom is 0.309 e. The first-order valence-corrected chi connectivity index (χ1v) is 5.71. The Hall–Kier alpha value is -1.46. The number of carboxylic acid groups (broad SMARTS) is 1. The number of halogens is 1. The predicted octanol–water partition coefficient (Wildman–Crippen LogP) is -1.89. The molecule has 0 unspecified atom stereocenters. The number of carbonyl (C=O) groups is 1. The van der Waals surface area contributed by atoms with Crippen LogP contribution in [0.5, 0.6) is 0 Å². The van der Waals surface area contributed by atoms with Crippen molar-refractivity contribution in [2.24, 2.45) is 0 Å². The Labute approximate surface area is 109 Å². The van der Waals surface area contributed by atoms with Gasteiger partial charge in [-0.25, -0.2) is 4.98 Å². The molecule has 0 aliphatic rings. The Kier molecular flexibility index (Phi) is 5.06. The number of nitrogens with zero attached hydrogens (tertiary/aromatic N) is 2. The second kappa shape index (κ2) is 6.32. The summed E-state index contributed by atoms with van der Waals surface area (Å²) in [5.41, 5.74) is 0.629. The summed E-state index contributed by atoms with van der Waals surface area (Å²) in [5.74, 6) is -0.843. The molecular weight excluding hydrogens is 260 g/mol. The van der Waals surface area contributed by atoms with E-state index in [1.165, 1.54) is 11.3 Å². The lowest BCUT2D eigenvalue weighted by molar-refractivity contribution is -0.688. The van der Waals surface area contributed by atoms with Gasteiger partial charge in [0.25, 0.3) is 0 Å². The Morgan fingerprint density at radius 2 is 2.06 bits per heavy atom. The maximum absolute atomic E-state index is 10.5. The number of aliphatic carboxylic acids is 1. The van der Waals surface area contributed by atoms with Crippen LogP contribution in [0.4, 0.5) is 0 Å². The lowest BCUT2D eigenvalue weighted by Crippen LogP contribution is -3.00. The zero-order valence-corrected chi connectivity index (χ0v) is 10.5. The summed E-state index contributed by atoms with van der Waals surface area (Å²) in [6, 6.07) is 5.85. The van der Waals surface area contributed by atoms with Crippen molar-refractivity contribution in [1.29, 1.82) is 0 Å². The summed E-state index contributed by atoms with van der Waals surface area (Å²) < 4.78 is 2.00. The minimum absolute atomic E-state index is 0. The molecule has 0 radical (unpaired) electrons. The summed E-state index contributed by atoms with van der Waals surface area (Å²) in [6.45, 7) is 0.686. The Morgan fingerprint density at radius 1 is 1.35 bits per heavy atom. The molecule has 1 N–H and O–H groups in total. The number of hydrogen-bond acceptors (Lipinski definition) is 3. The van der Waals surface area contributed by atoms with Gasteiger partial charge < -0.3 is 17.5 Å². The number of hydrogen-bond donors (Lipinski definition) is 1. The molecule has 17 heavy (non-hydrogen) atoms. The first kappa shape index (κ1) is 13.6. The maximum atomic E-state index is 10.5. The van der Waals surface area contributed by atoms with Crippen molar-refractivity contribution < 1.29 is 26.9 Å². The van der Waals surface area contributed by atoms with Crippen LogP contribution in [0.3, 0.4) is 0 Å². The van der Waals surface area contributed by atoms with Crippen molar-refractivity contribution in [2.75, 3.05) is 0 Å². The first-order valence-electron chi connectivity index (χ1n) is 4.83. The van der Waals surface area contributed by atoms with Crippen LogP contribution in [0, 0.1) is 0 Å². The molecule has 6 heteroatoms. The van der Waals surface area contributed by atoms with Crippen molar-refractivity contribution in [1.82, 2.24) is 4.98 Å². The van der Waals surface area contributed by atoms with Crippen LogP contribution in [0.2, 0.25) is 0 Å². The van der Waals surface area contributed by atoms with Crippen LogP contribution >= 0.6 is 11.3 Å². The fourth-order valence-electron chi connectivity index (χ4n) is 1.35. The van der Waals surface area contributed by atoms with Gasteiger partial charge in [0.05, 0.1) is 12.1 Å². The average Bonchev–Trinajstić information content (AvgIpc) is 2.66. The van der Waals surface area contributed by atoms with Gasteiger partial charge in [-0.15, -0.1) is 11.3 Å². The van der Waals surface area contributed by atoms with Gasteiger partial charge in [-0.1, -0.05) is 6.07 Å². The molecule has 0 saturated carbocycles. The van der Waals surface area contributed by atoms with Gasteiger partial charge in [0.2, 0.25) is 0 Å². The third-order valence-corrected chi connectivity index (χ3v) is 2.91. The van der Waals surface area contributed by atoms with Crippen molar-refractivity contribution in [3.8, 4) is 0 Å². The first-order chi connectivity index (χ1) is 7.74. The van der Waals surface area contributed by atoms with Gasteiger partial charge in [-0.2, -0.15) is 4.57 Å². The van der Waals surface area contributed by atoms with Crippen molar-refractivity contribution in [3.05, 3.63) is 46.7 Å². The summed E-state index contributed by atoms with van der Waals surface area (Å²) in [5, 5.41) is 11.3. The third-order valence-electron chi connectivity index (χ3n) is 2.03. The van der Waals surface area contributed by atoms with Crippen LogP contribution in [0.25, 0.3) is 0 Å². The molecule has 4 nitrogen and oxygen atoms in total. The molecule has 0 atom stereocenters. The normalized spacial score (nSPS) is 9.65. The predicted molar refractivity (Wildman–Crippen MR) is 59.2 cm³/mol. The highest BCUT2D eigenvalue weighted by atomic mass is 35.5.